The Balaban J connectivity index is 2.40. The van der Waals surface area contributed by atoms with E-state index in [9.17, 15) is 4.39 Å². The minimum atomic E-state index is -0.181. The molecule has 0 spiro atoms. The van der Waals surface area contributed by atoms with Crippen molar-refractivity contribution in [1.29, 1.82) is 0 Å². The summed E-state index contributed by atoms with van der Waals surface area (Å²) in [7, 11) is 0. The van der Waals surface area contributed by atoms with Crippen molar-refractivity contribution in [3.05, 3.63) is 35.1 Å². The molecule has 0 aliphatic heterocycles. The van der Waals surface area contributed by atoms with E-state index in [0.717, 1.165) is 24.8 Å². The molecule has 2 heteroatoms. The van der Waals surface area contributed by atoms with Crippen LogP contribution in [0.4, 0.5) is 4.39 Å². The Kier molecular flexibility index (Phi) is 2.76. The fourth-order valence-electron chi connectivity index (χ4n) is 2.26. The van der Waals surface area contributed by atoms with Crippen LogP contribution in [0.2, 0.25) is 0 Å². The Morgan fingerprint density at radius 3 is 2.87 bits per heavy atom. The van der Waals surface area contributed by atoms with Crippen molar-refractivity contribution in [3.63, 3.8) is 0 Å². The average Bonchev–Trinajstić information content (AvgIpc) is 2.24. The monoisotopic (exact) mass is 226 g/mol. The lowest BCUT2D eigenvalue weighted by Crippen LogP contribution is -2.11. The molecular formula is C13H16ClF. The van der Waals surface area contributed by atoms with E-state index in [2.05, 4.69) is 13.8 Å². The zero-order chi connectivity index (χ0) is 11.1. The number of hydrogen-bond donors (Lipinski definition) is 0. The molecule has 0 nitrogen and oxygen atoms in total. The van der Waals surface area contributed by atoms with Crippen molar-refractivity contribution >= 4 is 11.6 Å². The lowest BCUT2D eigenvalue weighted by atomic mass is 9.84. The van der Waals surface area contributed by atoms with E-state index in [0.29, 0.717) is 0 Å². The van der Waals surface area contributed by atoms with Gasteiger partial charge < -0.3 is 0 Å². The molecule has 1 aromatic rings. The van der Waals surface area contributed by atoms with E-state index in [-0.39, 0.29) is 16.6 Å². The summed E-state index contributed by atoms with van der Waals surface area (Å²) in [6, 6.07) is 5.00. The van der Waals surface area contributed by atoms with Crippen molar-refractivity contribution in [2.75, 3.05) is 0 Å². The van der Waals surface area contributed by atoms with Gasteiger partial charge in [0.15, 0.2) is 0 Å². The lowest BCUT2D eigenvalue weighted by molar-refractivity contribution is 0.313. The van der Waals surface area contributed by atoms with Crippen LogP contribution in [0.1, 0.15) is 43.2 Å². The SMILES string of the molecule is CC1(C)CCc2ccc(F)cc2C(Cl)C1. The van der Waals surface area contributed by atoms with Gasteiger partial charge in [0.2, 0.25) is 0 Å². The van der Waals surface area contributed by atoms with Gasteiger partial charge in [0.25, 0.3) is 0 Å². The Labute approximate surface area is 95.4 Å². The third kappa shape index (κ3) is 2.34. The Morgan fingerprint density at radius 1 is 1.40 bits per heavy atom. The topological polar surface area (TPSA) is 0 Å². The van der Waals surface area contributed by atoms with E-state index < -0.39 is 0 Å². The highest BCUT2D eigenvalue weighted by Gasteiger charge is 2.28. The minimum absolute atomic E-state index is 0.0480. The first-order chi connectivity index (χ1) is 6.98. The molecule has 0 saturated heterocycles. The van der Waals surface area contributed by atoms with Crippen molar-refractivity contribution in [3.8, 4) is 0 Å². The number of aryl methyl sites for hydroxylation is 1. The Bertz CT molecular complexity index is 371. The molecule has 0 N–H and O–H groups in total. The van der Waals surface area contributed by atoms with Gasteiger partial charge in [0.05, 0.1) is 5.38 Å². The predicted molar refractivity (Wildman–Crippen MR) is 61.7 cm³/mol. The zero-order valence-corrected chi connectivity index (χ0v) is 9.94. The van der Waals surface area contributed by atoms with Gasteiger partial charge in [-0.2, -0.15) is 0 Å². The zero-order valence-electron chi connectivity index (χ0n) is 9.19. The second kappa shape index (κ2) is 3.79. The minimum Gasteiger partial charge on any atom is -0.207 e. The van der Waals surface area contributed by atoms with Gasteiger partial charge >= 0.3 is 0 Å². The highest BCUT2D eigenvalue weighted by molar-refractivity contribution is 6.21. The van der Waals surface area contributed by atoms with Crippen molar-refractivity contribution in [1.82, 2.24) is 0 Å². The van der Waals surface area contributed by atoms with Gasteiger partial charge in [0.1, 0.15) is 5.82 Å². The maximum Gasteiger partial charge on any atom is 0.123 e. The first-order valence-electron chi connectivity index (χ1n) is 5.40. The Hall–Kier alpha value is -0.560. The third-order valence-electron chi connectivity index (χ3n) is 3.25. The number of fused-ring (bicyclic) bond motifs is 1. The maximum atomic E-state index is 13.1. The van der Waals surface area contributed by atoms with Crippen LogP contribution in [0.25, 0.3) is 0 Å². The van der Waals surface area contributed by atoms with Crippen LogP contribution in [0.15, 0.2) is 18.2 Å². The summed E-state index contributed by atoms with van der Waals surface area (Å²) in [5.74, 6) is -0.181. The first-order valence-corrected chi connectivity index (χ1v) is 5.84. The van der Waals surface area contributed by atoms with E-state index in [1.165, 1.54) is 11.6 Å². The molecule has 0 saturated carbocycles. The third-order valence-corrected chi connectivity index (χ3v) is 3.64. The molecule has 1 atom stereocenters. The average molecular weight is 227 g/mol. The van der Waals surface area contributed by atoms with Gasteiger partial charge in [0, 0.05) is 0 Å². The van der Waals surface area contributed by atoms with Gasteiger partial charge in [-0.05, 0) is 47.9 Å². The van der Waals surface area contributed by atoms with Crippen LogP contribution in [0.3, 0.4) is 0 Å². The lowest BCUT2D eigenvalue weighted by Gasteiger charge is -2.23. The normalized spacial score (nSPS) is 24.4. The van der Waals surface area contributed by atoms with E-state index in [4.69, 9.17) is 11.6 Å². The second-order valence-electron chi connectivity index (χ2n) is 5.18. The summed E-state index contributed by atoms with van der Waals surface area (Å²) in [6.45, 7) is 4.45. The van der Waals surface area contributed by atoms with Crippen LogP contribution in [-0.4, -0.2) is 0 Å². The highest BCUT2D eigenvalue weighted by atomic mass is 35.5. The largest absolute Gasteiger partial charge is 0.207 e. The molecule has 1 aliphatic carbocycles. The molecule has 1 aliphatic rings. The molecule has 15 heavy (non-hydrogen) atoms. The predicted octanol–water partition coefficient (Wildman–Crippen LogP) is 4.47. The molecule has 0 amide bonds. The van der Waals surface area contributed by atoms with Gasteiger partial charge in [-0.15, -0.1) is 11.6 Å². The van der Waals surface area contributed by atoms with Gasteiger partial charge in [-0.25, -0.2) is 4.39 Å². The quantitative estimate of drug-likeness (QED) is 0.452. The highest BCUT2D eigenvalue weighted by Crippen LogP contribution is 2.42. The van der Waals surface area contributed by atoms with Crippen molar-refractivity contribution < 1.29 is 4.39 Å². The molecule has 0 bridgehead atoms. The number of rotatable bonds is 0. The molecule has 82 valence electrons. The second-order valence-corrected chi connectivity index (χ2v) is 5.71. The van der Waals surface area contributed by atoms with E-state index >= 15 is 0 Å². The first kappa shape index (κ1) is 10.9. The fourth-order valence-corrected chi connectivity index (χ4v) is 2.88. The van der Waals surface area contributed by atoms with Crippen LogP contribution in [0.5, 0.6) is 0 Å². The molecular weight excluding hydrogens is 211 g/mol. The summed E-state index contributed by atoms with van der Waals surface area (Å²) in [5.41, 5.74) is 2.45. The smallest absolute Gasteiger partial charge is 0.123 e. The molecule has 1 aromatic carbocycles. The van der Waals surface area contributed by atoms with Crippen LogP contribution in [0, 0.1) is 11.2 Å². The fraction of sp³-hybridized carbons (Fsp3) is 0.538. The number of alkyl halides is 1. The molecule has 1 unspecified atom stereocenters. The van der Waals surface area contributed by atoms with Crippen LogP contribution >= 0.6 is 11.6 Å². The number of benzene rings is 1. The maximum absolute atomic E-state index is 13.1. The Morgan fingerprint density at radius 2 is 2.13 bits per heavy atom. The summed E-state index contributed by atoms with van der Waals surface area (Å²) in [6.07, 6.45) is 3.05. The standard InChI is InChI=1S/C13H16ClF/c1-13(2)6-5-9-3-4-10(15)7-11(9)12(14)8-13/h3-4,7,12H,5-6,8H2,1-2H3. The number of hydrogen-bond acceptors (Lipinski definition) is 0. The molecule has 2 rings (SSSR count). The molecule has 0 fully saturated rings. The molecule has 0 radical (unpaired) electrons. The summed E-state index contributed by atoms with van der Waals surface area (Å²) >= 11 is 6.34. The van der Waals surface area contributed by atoms with Crippen LogP contribution < -0.4 is 0 Å². The van der Waals surface area contributed by atoms with Gasteiger partial charge in [-0.3, -0.25) is 0 Å². The van der Waals surface area contributed by atoms with Crippen LogP contribution in [-0.2, 0) is 6.42 Å². The number of halogens is 2. The summed E-state index contributed by atoms with van der Waals surface area (Å²) in [5, 5.41) is -0.0480. The summed E-state index contributed by atoms with van der Waals surface area (Å²) in [4.78, 5) is 0. The summed E-state index contributed by atoms with van der Waals surface area (Å²) < 4.78 is 13.1. The van der Waals surface area contributed by atoms with Gasteiger partial charge in [-0.1, -0.05) is 19.9 Å². The van der Waals surface area contributed by atoms with Crippen molar-refractivity contribution in [2.45, 2.75) is 38.5 Å². The molecule has 0 aromatic heterocycles. The van der Waals surface area contributed by atoms with Crippen molar-refractivity contribution in [2.24, 2.45) is 5.41 Å². The van der Waals surface area contributed by atoms with E-state index in [1.54, 1.807) is 6.07 Å². The molecule has 0 heterocycles. The van der Waals surface area contributed by atoms with E-state index in [1.807, 2.05) is 6.07 Å².